The van der Waals surface area contributed by atoms with Crippen LogP contribution in [0.5, 0.6) is 5.75 Å². The monoisotopic (exact) mass is 349 g/mol. The van der Waals surface area contributed by atoms with Crippen molar-refractivity contribution in [1.29, 1.82) is 0 Å². The number of benzene rings is 1. The molecule has 0 saturated carbocycles. The van der Waals surface area contributed by atoms with E-state index in [9.17, 15) is 9.59 Å². The molecule has 6 heteroatoms. The van der Waals surface area contributed by atoms with Crippen LogP contribution in [0.25, 0.3) is 0 Å². The summed E-state index contributed by atoms with van der Waals surface area (Å²) in [5.74, 6) is 0.709. The summed E-state index contributed by atoms with van der Waals surface area (Å²) in [6.07, 6.45) is 0. The van der Waals surface area contributed by atoms with E-state index in [-0.39, 0.29) is 30.4 Å². The lowest BCUT2D eigenvalue weighted by Gasteiger charge is -2.26. The van der Waals surface area contributed by atoms with Gasteiger partial charge in [-0.3, -0.25) is 14.5 Å². The Morgan fingerprint density at radius 3 is 2.20 bits per heavy atom. The number of methoxy groups -OCH3 is 1. The molecular weight excluding hydrogens is 318 g/mol. The second-order valence-electron chi connectivity index (χ2n) is 7.20. The molecule has 0 radical (unpaired) electrons. The summed E-state index contributed by atoms with van der Waals surface area (Å²) in [7, 11) is 3.40. The van der Waals surface area contributed by atoms with Gasteiger partial charge in [0.25, 0.3) is 0 Å². The summed E-state index contributed by atoms with van der Waals surface area (Å²) in [6.45, 7) is 9.37. The summed E-state index contributed by atoms with van der Waals surface area (Å²) in [5, 5.41) is 2.92. The van der Waals surface area contributed by atoms with Crippen LogP contribution in [0.4, 0.5) is 0 Å². The van der Waals surface area contributed by atoms with Gasteiger partial charge in [-0.05, 0) is 45.0 Å². The first-order valence-corrected chi connectivity index (χ1v) is 8.55. The quantitative estimate of drug-likeness (QED) is 0.778. The molecule has 0 saturated heterocycles. The van der Waals surface area contributed by atoms with E-state index in [0.717, 1.165) is 11.3 Å². The lowest BCUT2D eigenvalue weighted by atomic mass is 10.1. The van der Waals surface area contributed by atoms with Gasteiger partial charge in [-0.1, -0.05) is 19.1 Å². The molecular formula is C19H31N3O3. The predicted molar refractivity (Wildman–Crippen MR) is 99.5 cm³/mol. The Kier molecular flexibility index (Phi) is 7.90. The highest BCUT2D eigenvalue weighted by Gasteiger charge is 2.19. The summed E-state index contributed by atoms with van der Waals surface area (Å²) < 4.78 is 5.14. The minimum atomic E-state index is -0.272. The number of nitrogens with zero attached hydrogens (tertiary/aromatic N) is 2. The molecule has 1 aromatic rings. The van der Waals surface area contributed by atoms with Gasteiger partial charge in [0.2, 0.25) is 11.8 Å². The van der Waals surface area contributed by atoms with E-state index in [1.54, 1.807) is 19.1 Å². The van der Waals surface area contributed by atoms with E-state index < -0.39 is 0 Å². The zero-order valence-corrected chi connectivity index (χ0v) is 16.3. The average molecular weight is 349 g/mol. The first kappa shape index (κ1) is 21.0. The largest absolute Gasteiger partial charge is 0.497 e. The molecule has 1 N–H and O–H groups in total. The van der Waals surface area contributed by atoms with Crippen molar-refractivity contribution in [3.8, 4) is 5.75 Å². The van der Waals surface area contributed by atoms with Crippen LogP contribution in [-0.2, 0) is 16.1 Å². The van der Waals surface area contributed by atoms with E-state index in [4.69, 9.17) is 4.74 Å². The number of ether oxygens (including phenoxy) is 1. The molecule has 0 heterocycles. The Hall–Kier alpha value is -2.08. The van der Waals surface area contributed by atoms with Crippen LogP contribution in [0.3, 0.4) is 0 Å². The number of nitrogens with one attached hydrogen (secondary N) is 1. The van der Waals surface area contributed by atoms with Gasteiger partial charge in [0, 0.05) is 19.1 Å². The fourth-order valence-corrected chi connectivity index (χ4v) is 2.35. The van der Waals surface area contributed by atoms with Gasteiger partial charge in [-0.15, -0.1) is 0 Å². The average Bonchev–Trinajstić information content (AvgIpc) is 2.52. The number of likely N-dealkylation sites (N-methyl/N-ethyl adjacent to an activating group) is 2. The third-order valence-corrected chi connectivity index (χ3v) is 3.69. The van der Waals surface area contributed by atoms with E-state index in [0.29, 0.717) is 13.1 Å². The van der Waals surface area contributed by atoms with Crippen molar-refractivity contribution in [3.63, 3.8) is 0 Å². The maximum Gasteiger partial charge on any atom is 0.236 e. The highest BCUT2D eigenvalue weighted by Crippen LogP contribution is 2.12. The van der Waals surface area contributed by atoms with Crippen molar-refractivity contribution in [1.82, 2.24) is 15.1 Å². The van der Waals surface area contributed by atoms with Crippen molar-refractivity contribution < 1.29 is 14.3 Å². The zero-order chi connectivity index (χ0) is 19.0. The summed E-state index contributed by atoms with van der Waals surface area (Å²) in [5.41, 5.74) is 0.760. The van der Waals surface area contributed by atoms with Crippen LogP contribution >= 0.6 is 0 Å². The number of hydrogen-bond donors (Lipinski definition) is 1. The van der Waals surface area contributed by atoms with Crippen molar-refractivity contribution in [2.45, 2.75) is 39.8 Å². The van der Waals surface area contributed by atoms with Crippen molar-refractivity contribution in [2.24, 2.45) is 0 Å². The summed E-state index contributed by atoms with van der Waals surface area (Å²) in [6, 6.07) is 7.64. The molecule has 0 fully saturated rings. The number of amides is 2. The van der Waals surface area contributed by atoms with Crippen LogP contribution in [0, 0.1) is 0 Å². The molecule has 0 unspecified atom stereocenters. The fourth-order valence-electron chi connectivity index (χ4n) is 2.35. The van der Waals surface area contributed by atoms with Gasteiger partial charge >= 0.3 is 0 Å². The number of carbonyl (C=O) groups is 2. The van der Waals surface area contributed by atoms with Gasteiger partial charge in [0.05, 0.1) is 20.2 Å². The second-order valence-corrected chi connectivity index (χ2v) is 7.20. The first-order valence-electron chi connectivity index (χ1n) is 8.55. The summed E-state index contributed by atoms with van der Waals surface area (Å²) >= 11 is 0. The van der Waals surface area contributed by atoms with Crippen molar-refractivity contribution >= 4 is 11.8 Å². The smallest absolute Gasteiger partial charge is 0.236 e. The normalized spacial score (nSPS) is 11.3. The predicted octanol–water partition coefficient (Wildman–Crippen LogP) is 1.89. The van der Waals surface area contributed by atoms with E-state index in [2.05, 4.69) is 5.32 Å². The Labute approximate surface area is 151 Å². The van der Waals surface area contributed by atoms with Gasteiger partial charge in [0.15, 0.2) is 0 Å². The van der Waals surface area contributed by atoms with E-state index in [1.807, 2.05) is 56.9 Å². The first-order chi connectivity index (χ1) is 11.6. The lowest BCUT2D eigenvalue weighted by Crippen LogP contribution is -2.48. The van der Waals surface area contributed by atoms with Crippen molar-refractivity contribution in [3.05, 3.63) is 29.8 Å². The molecule has 25 heavy (non-hydrogen) atoms. The number of rotatable bonds is 8. The molecule has 0 aromatic heterocycles. The van der Waals surface area contributed by atoms with Crippen LogP contribution in [0.15, 0.2) is 24.3 Å². The SMILES string of the molecule is CCN(CC(=O)NC(C)(C)C)CC(=O)N(C)Cc1ccc(OC)cc1. The molecule has 0 atom stereocenters. The van der Waals surface area contributed by atoms with Gasteiger partial charge < -0.3 is 15.0 Å². The fraction of sp³-hybridized carbons (Fsp3) is 0.579. The number of hydrogen-bond acceptors (Lipinski definition) is 4. The molecule has 1 aromatic carbocycles. The standard InChI is InChI=1S/C19H31N3O3/c1-7-22(13-17(23)20-19(2,3)4)14-18(24)21(5)12-15-8-10-16(25-6)11-9-15/h8-11H,7,12-14H2,1-6H3,(H,20,23). The summed E-state index contributed by atoms with van der Waals surface area (Å²) in [4.78, 5) is 28.0. The molecule has 6 nitrogen and oxygen atoms in total. The van der Waals surface area contributed by atoms with Crippen LogP contribution < -0.4 is 10.1 Å². The topological polar surface area (TPSA) is 61.9 Å². The zero-order valence-electron chi connectivity index (χ0n) is 16.3. The Morgan fingerprint density at radius 2 is 1.72 bits per heavy atom. The highest BCUT2D eigenvalue weighted by atomic mass is 16.5. The Bertz CT molecular complexity index is 564. The highest BCUT2D eigenvalue weighted by molar-refractivity contribution is 5.81. The molecule has 2 amide bonds. The molecule has 1 rings (SSSR count). The molecule has 0 aliphatic rings. The van der Waals surface area contributed by atoms with E-state index in [1.165, 1.54) is 0 Å². The Morgan fingerprint density at radius 1 is 1.12 bits per heavy atom. The number of carbonyl (C=O) groups excluding carboxylic acids is 2. The minimum Gasteiger partial charge on any atom is -0.497 e. The third kappa shape index (κ3) is 8.03. The van der Waals surface area contributed by atoms with Crippen LogP contribution in [0.1, 0.15) is 33.3 Å². The van der Waals surface area contributed by atoms with Gasteiger partial charge in [0.1, 0.15) is 5.75 Å². The van der Waals surface area contributed by atoms with Crippen LogP contribution in [-0.4, -0.2) is 60.9 Å². The van der Waals surface area contributed by atoms with Crippen LogP contribution in [0.2, 0.25) is 0 Å². The van der Waals surface area contributed by atoms with Gasteiger partial charge in [-0.25, -0.2) is 0 Å². The van der Waals surface area contributed by atoms with E-state index >= 15 is 0 Å². The van der Waals surface area contributed by atoms with Gasteiger partial charge in [-0.2, -0.15) is 0 Å². The van der Waals surface area contributed by atoms with Crippen molar-refractivity contribution in [2.75, 3.05) is 33.8 Å². The second kappa shape index (κ2) is 9.42. The maximum absolute atomic E-state index is 12.4. The molecule has 0 spiro atoms. The third-order valence-electron chi connectivity index (χ3n) is 3.69. The Balaban J connectivity index is 2.54. The molecule has 0 bridgehead atoms. The molecule has 0 aliphatic carbocycles. The molecule has 0 aliphatic heterocycles. The maximum atomic E-state index is 12.4. The minimum absolute atomic E-state index is 0.0128. The molecule has 140 valence electrons. The lowest BCUT2D eigenvalue weighted by molar-refractivity contribution is -0.132.